The van der Waals surface area contributed by atoms with Gasteiger partial charge in [0.25, 0.3) is 0 Å². The molecule has 100 valence electrons. The van der Waals surface area contributed by atoms with Crippen LogP contribution in [0.15, 0.2) is 24.3 Å². The molecule has 1 aliphatic rings. The Balaban J connectivity index is 1.80. The molecule has 1 saturated heterocycles. The van der Waals surface area contributed by atoms with E-state index in [4.69, 9.17) is 0 Å². The molecule has 2 rings (SSSR count). The molecule has 2 N–H and O–H groups in total. The number of aryl methyl sites for hydroxylation is 1. The summed E-state index contributed by atoms with van der Waals surface area (Å²) in [5.74, 6) is 0. The van der Waals surface area contributed by atoms with Crippen molar-refractivity contribution in [3.63, 3.8) is 0 Å². The summed E-state index contributed by atoms with van der Waals surface area (Å²) < 4.78 is 0. The van der Waals surface area contributed by atoms with E-state index in [2.05, 4.69) is 41.8 Å². The zero-order valence-corrected chi connectivity index (χ0v) is 11.5. The Bertz CT molecular complexity index is 343. The van der Waals surface area contributed by atoms with Gasteiger partial charge in [-0.15, -0.1) is 0 Å². The Labute approximate surface area is 111 Å². The van der Waals surface area contributed by atoms with Gasteiger partial charge in [-0.05, 0) is 49.9 Å². The van der Waals surface area contributed by atoms with E-state index in [-0.39, 0.29) is 0 Å². The van der Waals surface area contributed by atoms with Gasteiger partial charge in [0.05, 0.1) is 0 Å². The molecule has 0 amide bonds. The third-order valence-electron chi connectivity index (χ3n) is 3.74. The monoisotopic (exact) mass is 246 g/mol. The number of hydrogen-bond acceptors (Lipinski definition) is 2. The molecule has 0 unspecified atom stereocenters. The number of unbranched alkanes of at least 4 members (excludes halogenated alkanes) is 1. The van der Waals surface area contributed by atoms with Crippen molar-refractivity contribution in [2.75, 3.05) is 13.1 Å². The molecule has 18 heavy (non-hydrogen) atoms. The summed E-state index contributed by atoms with van der Waals surface area (Å²) >= 11 is 0. The third-order valence-corrected chi connectivity index (χ3v) is 3.74. The summed E-state index contributed by atoms with van der Waals surface area (Å²) in [5.41, 5.74) is 2.92. The Hall–Kier alpha value is -0.860. The molecule has 1 fully saturated rings. The number of hydrogen-bond donors (Lipinski definition) is 2. The van der Waals surface area contributed by atoms with Gasteiger partial charge in [-0.1, -0.05) is 37.6 Å². The number of benzene rings is 1. The molecule has 1 heterocycles. The van der Waals surface area contributed by atoms with Gasteiger partial charge >= 0.3 is 0 Å². The molecule has 1 aromatic carbocycles. The van der Waals surface area contributed by atoms with Crippen molar-refractivity contribution in [1.29, 1.82) is 0 Å². The van der Waals surface area contributed by atoms with Crippen LogP contribution in [0.3, 0.4) is 0 Å². The topological polar surface area (TPSA) is 24.1 Å². The summed E-state index contributed by atoms with van der Waals surface area (Å²) in [6, 6.07) is 9.76. The summed E-state index contributed by atoms with van der Waals surface area (Å²) in [5, 5.41) is 7.09. The van der Waals surface area contributed by atoms with E-state index in [1.807, 2.05) is 0 Å². The zero-order valence-electron chi connectivity index (χ0n) is 11.5. The van der Waals surface area contributed by atoms with E-state index in [9.17, 15) is 0 Å². The molecule has 0 atom stereocenters. The van der Waals surface area contributed by atoms with E-state index in [0.29, 0.717) is 6.04 Å². The summed E-state index contributed by atoms with van der Waals surface area (Å²) in [6.07, 6.45) is 6.31. The van der Waals surface area contributed by atoms with Crippen LogP contribution in [0.1, 0.15) is 43.7 Å². The molecular weight excluding hydrogens is 220 g/mol. The van der Waals surface area contributed by atoms with Crippen LogP contribution in [0.5, 0.6) is 0 Å². The van der Waals surface area contributed by atoms with Gasteiger partial charge < -0.3 is 10.6 Å². The molecule has 0 radical (unpaired) electrons. The SMILES string of the molecule is CCCCc1cccc(CNC2CCNCC2)c1. The van der Waals surface area contributed by atoms with Gasteiger partial charge in [-0.25, -0.2) is 0 Å². The van der Waals surface area contributed by atoms with Gasteiger partial charge in [-0.3, -0.25) is 0 Å². The second kappa shape index (κ2) is 7.55. The number of piperidine rings is 1. The molecule has 2 heteroatoms. The second-order valence-electron chi connectivity index (χ2n) is 5.33. The maximum absolute atomic E-state index is 3.68. The largest absolute Gasteiger partial charge is 0.317 e. The molecular formula is C16H26N2. The van der Waals surface area contributed by atoms with Crippen LogP contribution in [0.4, 0.5) is 0 Å². The van der Waals surface area contributed by atoms with Crippen LogP contribution < -0.4 is 10.6 Å². The fourth-order valence-corrected chi connectivity index (χ4v) is 2.56. The lowest BCUT2D eigenvalue weighted by Crippen LogP contribution is -2.39. The van der Waals surface area contributed by atoms with Crippen molar-refractivity contribution < 1.29 is 0 Å². The molecule has 0 aliphatic carbocycles. The first-order valence-corrected chi connectivity index (χ1v) is 7.40. The van der Waals surface area contributed by atoms with Crippen molar-refractivity contribution in [2.45, 2.75) is 51.6 Å². The molecule has 1 aromatic rings. The lowest BCUT2D eigenvalue weighted by Gasteiger charge is -2.23. The van der Waals surface area contributed by atoms with Crippen LogP contribution in [0.2, 0.25) is 0 Å². The van der Waals surface area contributed by atoms with Gasteiger partial charge in [0.1, 0.15) is 0 Å². The first kappa shape index (κ1) is 13.6. The highest BCUT2D eigenvalue weighted by Crippen LogP contribution is 2.10. The average Bonchev–Trinajstić information content (AvgIpc) is 2.44. The smallest absolute Gasteiger partial charge is 0.0208 e. The molecule has 0 aromatic heterocycles. The van der Waals surface area contributed by atoms with Crippen molar-refractivity contribution in [3.05, 3.63) is 35.4 Å². The maximum atomic E-state index is 3.68. The summed E-state index contributed by atoms with van der Waals surface area (Å²) in [6.45, 7) is 5.59. The van der Waals surface area contributed by atoms with Crippen LogP contribution in [-0.2, 0) is 13.0 Å². The van der Waals surface area contributed by atoms with Crippen LogP contribution >= 0.6 is 0 Å². The first-order valence-electron chi connectivity index (χ1n) is 7.40. The fraction of sp³-hybridized carbons (Fsp3) is 0.625. The molecule has 2 nitrogen and oxygen atoms in total. The van der Waals surface area contributed by atoms with Gasteiger partial charge in [0.2, 0.25) is 0 Å². The summed E-state index contributed by atoms with van der Waals surface area (Å²) in [7, 11) is 0. The predicted molar refractivity (Wildman–Crippen MR) is 77.8 cm³/mol. The number of nitrogens with one attached hydrogen (secondary N) is 2. The standard InChI is InChI=1S/C16H26N2/c1-2-3-5-14-6-4-7-15(12-14)13-18-16-8-10-17-11-9-16/h4,6-7,12,16-18H,2-3,5,8-11,13H2,1H3. The van der Waals surface area contributed by atoms with Crippen LogP contribution in [-0.4, -0.2) is 19.1 Å². The minimum atomic E-state index is 0.700. The van der Waals surface area contributed by atoms with Gasteiger partial charge in [0.15, 0.2) is 0 Å². The van der Waals surface area contributed by atoms with E-state index in [1.165, 1.54) is 43.2 Å². The highest BCUT2D eigenvalue weighted by Gasteiger charge is 2.11. The van der Waals surface area contributed by atoms with E-state index in [1.54, 1.807) is 0 Å². The minimum Gasteiger partial charge on any atom is -0.317 e. The van der Waals surface area contributed by atoms with Crippen molar-refractivity contribution in [2.24, 2.45) is 0 Å². The van der Waals surface area contributed by atoms with E-state index >= 15 is 0 Å². The summed E-state index contributed by atoms with van der Waals surface area (Å²) in [4.78, 5) is 0. The minimum absolute atomic E-state index is 0.700. The fourth-order valence-electron chi connectivity index (χ4n) is 2.56. The Kier molecular flexibility index (Phi) is 5.69. The Morgan fingerprint density at radius 2 is 2.00 bits per heavy atom. The van der Waals surface area contributed by atoms with E-state index < -0.39 is 0 Å². The van der Waals surface area contributed by atoms with Crippen molar-refractivity contribution in [1.82, 2.24) is 10.6 Å². The highest BCUT2D eigenvalue weighted by atomic mass is 15.0. The Morgan fingerprint density at radius 1 is 1.22 bits per heavy atom. The zero-order chi connectivity index (χ0) is 12.6. The van der Waals surface area contributed by atoms with Gasteiger partial charge in [-0.2, -0.15) is 0 Å². The van der Waals surface area contributed by atoms with Crippen molar-refractivity contribution in [3.8, 4) is 0 Å². The molecule has 1 aliphatic heterocycles. The van der Waals surface area contributed by atoms with Crippen molar-refractivity contribution >= 4 is 0 Å². The normalized spacial score (nSPS) is 16.9. The Morgan fingerprint density at radius 3 is 2.78 bits per heavy atom. The van der Waals surface area contributed by atoms with Crippen LogP contribution in [0.25, 0.3) is 0 Å². The van der Waals surface area contributed by atoms with Crippen LogP contribution in [0, 0.1) is 0 Å². The third kappa shape index (κ3) is 4.43. The maximum Gasteiger partial charge on any atom is 0.0208 e. The highest BCUT2D eigenvalue weighted by molar-refractivity contribution is 5.23. The van der Waals surface area contributed by atoms with Gasteiger partial charge in [0, 0.05) is 12.6 Å². The predicted octanol–water partition coefficient (Wildman–Crippen LogP) is 2.87. The first-order chi connectivity index (χ1) is 8.88. The lowest BCUT2D eigenvalue weighted by atomic mass is 10.0. The molecule has 0 bridgehead atoms. The quantitative estimate of drug-likeness (QED) is 0.806. The lowest BCUT2D eigenvalue weighted by molar-refractivity contribution is 0.386. The molecule has 0 spiro atoms. The second-order valence-corrected chi connectivity index (χ2v) is 5.33. The average molecular weight is 246 g/mol. The van der Waals surface area contributed by atoms with E-state index in [0.717, 1.165) is 19.6 Å². The number of rotatable bonds is 6. The molecule has 0 saturated carbocycles.